The Morgan fingerprint density at radius 1 is 1.50 bits per heavy atom. The lowest BCUT2D eigenvalue weighted by Crippen LogP contribution is -2.35. The van der Waals surface area contributed by atoms with E-state index in [1.807, 2.05) is 31.0 Å². The Balaban J connectivity index is 2.09. The van der Waals surface area contributed by atoms with Crippen LogP contribution >= 0.6 is 0 Å². The van der Waals surface area contributed by atoms with Crippen LogP contribution in [0.4, 0.5) is 5.69 Å². The number of hydrogen-bond acceptors (Lipinski definition) is 3. The second-order valence-corrected chi connectivity index (χ2v) is 4.81. The first-order valence-electron chi connectivity index (χ1n) is 6.69. The van der Waals surface area contributed by atoms with Crippen molar-refractivity contribution in [1.29, 1.82) is 0 Å². The van der Waals surface area contributed by atoms with Gasteiger partial charge in [0.25, 0.3) is 5.91 Å². The van der Waals surface area contributed by atoms with Gasteiger partial charge in [0.2, 0.25) is 0 Å². The minimum atomic E-state index is 0.0293. The SMILES string of the molecule is CCNc1ccnc(C(=O)N(C)C2CCCC2)c1. The van der Waals surface area contributed by atoms with Gasteiger partial charge in [0.05, 0.1) is 0 Å². The van der Waals surface area contributed by atoms with Crippen molar-refractivity contribution in [3.63, 3.8) is 0 Å². The predicted octanol–water partition coefficient (Wildman–Crippen LogP) is 2.53. The summed E-state index contributed by atoms with van der Waals surface area (Å²) >= 11 is 0. The Hall–Kier alpha value is -1.58. The van der Waals surface area contributed by atoms with Gasteiger partial charge in [-0.1, -0.05) is 12.8 Å². The molecule has 1 aromatic heterocycles. The minimum absolute atomic E-state index is 0.0293. The summed E-state index contributed by atoms with van der Waals surface area (Å²) in [6, 6.07) is 4.11. The van der Waals surface area contributed by atoms with E-state index in [0.717, 1.165) is 25.1 Å². The number of anilines is 1. The molecule has 4 heteroatoms. The highest BCUT2D eigenvalue weighted by Gasteiger charge is 2.24. The highest BCUT2D eigenvalue weighted by atomic mass is 16.2. The Kier molecular flexibility index (Phi) is 4.18. The summed E-state index contributed by atoms with van der Waals surface area (Å²) in [6.07, 6.45) is 6.39. The molecule has 1 aliphatic carbocycles. The molecular formula is C14H21N3O. The number of nitrogens with zero attached hydrogens (tertiary/aromatic N) is 2. The number of pyridine rings is 1. The number of rotatable bonds is 4. The number of carbonyl (C=O) groups is 1. The molecule has 0 aliphatic heterocycles. The van der Waals surface area contributed by atoms with Gasteiger partial charge in [0.15, 0.2) is 0 Å². The van der Waals surface area contributed by atoms with E-state index in [4.69, 9.17) is 0 Å². The van der Waals surface area contributed by atoms with Crippen LogP contribution in [0.3, 0.4) is 0 Å². The van der Waals surface area contributed by atoms with Crippen LogP contribution in [0.2, 0.25) is 0 Å². The first-order valence-corrected chi connectivity index (χ1v) is 6.69. The molecule has 0 aromatic carbocycles. The Bertz CT molecular complexity index is 413. The molecule has 1 amide bonds. The van der Waals surface area contributed by atoms with Crippen molar-refractivity contribution in [1.82, 2.24) is 9.88 Å². The van der Waals surface area contributed by atoms with Crippen LogP contribution in [0, 0.1) is 0 Å². The van der Waals surface area contributed by atoms with Crippen molar-refractivity contribution in [2.24, 2.45) is 0 Å². The molecule has 1 heterocycles. The third-order valence-corrected chi connectivity index (χ3v) is 3.55. The fourth-order valence-corrected chi connectivity index (χ4v) is 2.50. The fourth-order valence-electron chi connectivity index (χ4n) is 2.50. The van der Waals surface area contributed by atoms with Crippen molar-refractivity contribution in [3.05, 3.63) is 24.0 Å². The van der Waals surface area contributed by atoms with Crippen molar-refractivity contribution in [2.45, 2.75) is 38.6 Å². The van der Waals surface area contributed by atoms with Crippen LogP contribution in [0.15, 0.2) is 18.3 Å². The maximum atomic E-state index is 12.3. The zero-order chi connectivity index (χ0) is 13.0. The third kappa shape index (κ3) is 2.81. The smallest absolute Gasteiger partial charge is 0.272 e. The fraction of sp³-hybridized carbons (Fsp3) is 0.571. The summed E-state index contributed by atoms with van der Waals surface area (Å²) in [5, 5.41) is 3.20. The summed E-state index contributed by atoms with van der Waals surface area (Å²) in [4.78, 5) is 18.4. The summed E-state index contributed by atoms with van der Waals surface area (Å²) in [5.74, 6) is 0.0293. The highest BCUT2D eigenvalue weighted by Crippen LogP contribution is 2.23. The lowest BCUT2D eigenvalue weighted by Gasteiger charge is -2.24. The molecule has 0 atom stereocenters. The van der Waals surface area contributed by atoms with E-state index in [1.54, 1.807) is 6.20 Å². The average Bonchev–Trinajstić information content (AvgIpc) is 2.91. The lowest BCUT2D eigenvalue weighted by molar-refractivity contribution is 0.0729. The zero-order valence-electron chi connectivity index (χ0n) is 11.1. The van der Waals surface area contributed by atoms with Crippen LogP contribution in [0.5, 0.6) is 0 Å². The summed E-state index contributed by atoms with van der Waals surface area (Å²) in [7, 11) is 1.89. The molecule has 0 unspecified atom stereocenters. The Labute approximate surface area is 108 Å². The summed E-state index contributed by atoms with van der Waals surface area (Å²) in [6.45, 7) is 2.88. The van der Waals surface area contributed by atoms with E-state index in [9.17, 15) is 4.79 Å². The topological polar surface area (TPSA) is 45.2 Å². The van der Waals surface area contributed by atoms with Gasteiger partial charge in [-0.25, -0.2) is 0 Å². The number of aromatic nitrogens is 1. The predicted molar refractivity (Wildman–Crippen MR) is 72.8 cm³/mol. The van der Waals surface area contributed by atoms with Gasteiger partial charge >= 0.3 is 0 Å². The maximum absolute atomic E-state index is 12.3. The molecule has 0 spiro atoms. The van der Waals surface area contributed by atoms with Crippen molar-refractivity contribution < 1.29 is 4.79 Å². The van der Waals surface area contributed by atoms with Gasteiger partial charge < -0.3 is 10.2 Å². The van der Waals surface area contributed by atoms with Crippen LogP contribution in [-0.4, -0.2) is 35.4 Å². The van der Waals surface area contributed by atoms with E-state index in [-0.39, 0.29) is 5.91 Å². The van der Waals surface area contributed by atoms with Gasteiger partial charge in [-0.2, -0.15) is 0 Å². The minimum Gasteiger partial charge on any atom is -0.385 e. The van der Waals surface area contributed by atoms with Gasteiger partial charge in [0.1, 0.15) is 5.69 Å². The molecular weight excluding hydrogens is 226 g/mol. The van der Waals surface area contributed by atoms with Crippen LogP contribution in [0.25, 0.3) is 0 Å². The van der Waals surface area contributed by atoms with Crippen molar-refractivity contribution in [3.8, 4) is 0 Å². The Morgan fingerprint density at radius 3 is 2.89 bits per heavy atom. The lowest BCUT2D eigenvalue weighted by atomic mass is 10.2. The first kappa shape index (κ1) is 12.9. The second kappa shape index (κ2) is 5.85. The number of hydrogen-bond donors (Lipinski definition) is 1. The Morgan fingerprint density at radius 2 is 2.22 bits per heavy atom. The molecule has 1 aliphatic rings. The number of amides is 1. The molecule has 1 fully saturated rings. The highest BCUT2D eigenvalue weighted by molar-refractivity contribution is 5.93. The van der Waals surface area contributed by atoms with Crippen molar-refractivity contribution in [2.75, 3.05) is 18.9 Å². The normalized spacial score (nSPS) is 15.7. The van der Waals surface area contributed by atoms with Crippen molar-refractivity contribution >= 4 is 11.6 Å². The van der Waals surface area contributed by atoms with E-state index >= 15 is 0 Å². The first-order chi connectivity index (χ1) is 8.72. The van der Waals surface area contributed by atoms with Crippen LogP contribution < -0.4 is 5.32 Å². The largest absolute Gasteiger partial charge is 0.385 e. The van der Waals surface area contributed by atoms with E-state index < -0.39 is 0 Å². The molecule has 0 saturated heterocycles. The van der Waals surface area contributed by atoms with Gasteiger partial charge in [-0.3, -0.25) is 9.78 Å². The molecule has 4 nitrogen and oxygen atoms in total. The third-order valence-electron chi connectivity index (χ3n) is 3.55. The van der Waals surface area contributed by atoms with E-state index in [0.29, 0.717) is 11.7 Å². The van der Waals surface area contributed by atoms with Gasteiger partial charge in [0, 0.05) is 31.5 Å². The number of nitrogens with one attached hydrogen (secondary N) is 1. The molecule has 1 aromatic rings. The molecule has 1 N–H and O–H groups in total. The average molecular weight is 247 g/mol. The summed E-state index contributed by atoms with van der Waals surface area (Å²) in [5.41, 5.74) is 1.48. The van der Waals surface area contributed by atoms with E-state index in [2.05, 4.69) is 10.3 Å². The van der Waals surface area contributed by atoms with Gasteiger partial charge in [-0.05, 0) is 31.9 Å². The molecule has 18 heavy (non-hydrogen) atoms. The van der Waals surface area contributed by atoms with Crippen LogP contribution in [0.1, 0.15) is 43.1 Å². The molecule has 0 radical (unpaired) electrons. The molecule has 2 rings (SSSR count). The van der Waals surface area contributed by atoms with Crippen LogP contribution in [-0.2, 0) is 0 Å². The maximum Gasteiger partial charge on any atom is 0.272 e. The summed E-state index contributed by atoms with van der Waals surface area (Å²) < 4.78 is 0. The second-order valence-electron chi connectivity index (χ2n) is 4.81. The van der Waals surface area contributed by atoms with Gasteiger partial charge in [-0.15, -0.1) is 0 Å². The zero-order valence-corrected chi connectivity index (χ0v) is 11.1. The standard InChI is InChI=1S/C14H21N3O/c1-3-15-11-8-9-16-13(10-11)14(18)17(2)12-6-4-5-7-12/h8-10,12H,3-7H2,1-2H3,(H,15,16). The quantitative estimate of drug-likeness (QED) is 0.889. The monoisotopic (exact) mass is 247 g/mol. The molecule has 1 saturated carbocycles. The van der Waals surface area contributed by atoms with E-state index in [1.165, 1.54) is 12.8 Å². The number of carbonyl (C=O) groups excluding carboxylic acids is 1. The molecule has 98 valence electrons. The molecule has 0 bridgehead atoms.